The summed E-state index contributed by atoms with van der Waals surface area (Å²) >= 11 is 0. The average Bonchev–Trinajstić information content (AvgIpc) is 3.00. The van der Waals surface area contributed by atoms with Crippen molar-refractivity contribution >= 4 is 5.69 Å². The Balaban J connectivity index is 2.08. The highest BCUT2D eigenvalue weighted by atomic mass is 19.1. The zero-order valence-corrected chi connectivity index (χ0v) is 9.04. The number of benzene rings is 1. The van der Waals surface area contributed by atoms with Gasteiger partial charge in [0, 0.05) is 18.3 Å². The molecule has 1 aliphatic carbocycles. The molecule has 0 amide bonds. The number of nitrogens with two attached hydrogens (primary N) is 1. The summed E-state index contributed by atoms with van der Waals surface area (Å²) in [7, 11) is 0. The fourth-order valence-electron chi connectivity index (χ4n) is 1.87. The minimum absolute atomic E-state index is 0.259. The predicted molar refractivity (Wildman–Crippen MR) is 59.9 cm³/mol. The van der Waals surface area contributed by atoms with Gasteiger partial charge in [0.05, 0.1) is 0 Å². The van der Waals surface area contributed by atoms with Crippen LogP contribution < -0.4 is 5.73 Å². The highest BCUT2D eigenvalue weighted by Gasteiger charge is 2.27. The van der Waals surface area contributed by atoms with Gasteiger partial charge in [-0.15, -0.1) is 0 Å². The van der Waals surface area contributed by atoms with Gasteiger partial charge in [0.2, 0.25) is 0 Å². The van der Waals surface area contributed by atoms with Crippen LogP contribution in [0.3, 0.4) is 0 Å². The monoisotopic (exact) mass is 208 g/mol. The fraction of sp³-hybridized carbons (Fsp3) is 0.500. The van der Waals surface area contributed by atoms with Crippen molar-refractivity contribution in [2.24, 2.45) is 0 Å². The molecule has 0 saturated heterocycles. The normalized spacial score (nSPS) is 15.9. The van der Waals surface area contributed by atoms with Gasteiger partial charge in [-0.25, -0.2) is 4.39 Å². The Morgan fingerprint density at radius 3 is 2.73 bits per heavy atom. The predicted octanol–water partition coefficient (Wildman–Crippen LogP) is 2.39. The third kappa shape index (κ3) is 2.48. The molecule has 0 radical (unpaired) electrons. The second kappa shape index (κ2) is 4.19. The number of halogens is 1. The average molecular weight is 208 g/mol. The Morgan fingerprint density at radius 1 is 1.47 bits per heavy atom. The van der Waals surface area contributed by atoms with Gasteiger partial charge in [-0.1, -0.05) is 13.0 Å². The molecular formula is C12H17FN2. The molecule has 0 spiro atoms. The van der Waals surface area contributed by atoms with Crippen LogP contribution in [-0.2, 0) is 6.54 Å². The Morgan fingerprint density at radius 2 is 2.20 bits per heavy atom. The molecule has 1 aromatic carbocycles. The molecule has 2 rings (SSSR count). The van der Waals surface area contributed by atoms with Crippen molar-refractivity contribution < 1.29 is 4.39 Å². The van der Waals surface area contributed by atoms with Gasteiger partial charge < -0.3 is 5.73 Å². The van der Waals surface area contributed by atoms with E-state index in [9.17, 15) is 4.39 Å². The molecule has 0 unspecified atom stereocenters. The molecule has 0 atom stereocenters. The molecule has 0 aromatic heterocycles. The molecule has 1 aliphatic rings. The third-order valence-electron chi connectivity index (χ3n) is 2.95. The Hall–Kier alpha value is -1.09. The maximum atomic E-state index is 12.8. The van der Waals surface area contributed by atoms with Crippen molar-refractivity contribution in [2.75, 3.05) is 12.3 Å². The Bertz CT molecular complexity index is 347. The molecule has 1 aromatic rings. The summed E-state index contributed by atoms with van der Waals surface area (Å²) < 4.78 is 12.8. The number of hydrogen-bond acceptors (Lipinski definition) is 2. The Kier molecular flexibility index (Phi) is 2.91. The fourth-order valence-corrected chi connectivity index (χ4v) is 1.87. The van der Waals surface area contributed by atoms with E-state index in [0.717, 1.165) is 24.7 Å². The molecule has 1 fully saturated rings. The zero-order chi connectivity index (χ0) is 10.8. The lowest BCUT2D eigenvalue weighted by Crippen LogP contribution is -2.25. The quantitative estimate of drug-likeness (QED) is 0.770. The number of rotatable bonds is 4. The van der Waals surface area contributed by atoms with E-state index in [-0.39, 0.29) is 5.82 Å². The van der Waals surface area contributed by atoms with Gasteiger partial charge in [0.1, 0.15) is 5.82 Å². The smallest absolute Gasteiger partial charge is 0.125 e. The highest BCUT2D eigenvalue weighted by Crippen LogP contribution is 2.28. The van der Waals surface area contributed by atoms with E-state index in [2.05, 4.69) is 11.8 Å². The molecule has 0 heterocycles. The van der Waals surface area contributed by atoms with Gasteiger partial charge in [0.25, 0.3) is 0 Å². The molecule has 0 aliphatic heterocycles. The van der Waals surface area contributed by atoms with Crippen molar-refractivity contribution in [1.29, 1.82) is 0 Å². The molecule has 82 valence electrons. The first-order valence-electron chi connectivity index (χ1n) is 5.48. The first kappa shape index (κ1) is 10.4. The summed E-state index contributed by atoms with van der Waals surface area (Å²) in [6, 6.07) is 5.39. The van der Waals surface area contributed by atoms with Crippen LogP contribution in [0.25, 0.3) is 0 Å². The van der Waals surface area contributed by atoms with Crippen LogP contribution in [0.1, 0.15) is 25.3 Å². The third-order valence-corrected chi connectivity index (χ3v) is 2.95. The summed E-state index contributed by atoms with van der Waals surface area (Å²) in [4.78, 5) is 2.39. The van der Waals surface area contributed by atoms with E-state index in [1.807, 2.05) is 0 Å². The minimum atomic E-state index is -0.259. The topological polar surface area (TPSA) is 29.3 Å². The first-order valence-corrected chi connectivity index (χ1v) is 5.48. The van der Waals surface area contributed by atoms with E-state index < -0.39 is 0 Å². The van der Waals surface area contributed by atoms with Crippen molar-refractivity contribution in [3.63, 3.8) is 0 Å². The molecule has 2 N–H and O–H groups in total. The number of hydrogen-bond donors (Lipinski definition) is 1. The lowest BCUT2D eigenvalue weighted by molar-refractivity contribution is 0.269. The molecule has 2 nitrogen and oxygen atoms in total. The lowest BCUT2D eigenvalue weighted by Gasteiger charge is -2.20. The lowest BCUT2D eigenvalue weighted by atomic mass is 10.1. The number of nitrogen functional groups attached to an aromatic ring is 1. The molecule has 15 heavy (non-hydrogen) atoms. The SMILES string of the molecule is CCN(Cc1ccc(F)cc1N)C1CC1. The molecular weight excluding hydrogens is 191 g/mol. The van der Waals surface area contributed by atoms with E-state index >= 15 is 0 Å². The largest absolute Gasteiger partial charge is 0.398 e. The van der Waals surface area contributed by atoms with Crippen LogP contribution in [0.4, 0.5) is 10.1 Å². The van der Waals surface area contributed by atoms with Crippen molar-refractivity contribution in [3.8, 4) is 0 Å². The first-order chi connectivity index (χ1) is 7.20. The zero-order valence-electron chi connectivity index (χ0n) is 9.04. The van der Waals surface area contributed by atoms with Crippen LogP contribution in [0.15, 0.2) is 18.2 Å². The van der Waals surface area contributed by atoms with E-state index in [1.165, 1.54) is 25.0 Å². The summed E-state index contributed by atoms with van der Waals surface area (Å²) in [6.07, 6.45) is 2.57. The van der Waals surface area contributed by atoms with Crippen molar-refractivity contribution in [3.05, 3.63) is 29.6 Å². The van der Waals surface area contributed by atoms with Crippen LogP contribution in [0.5, 0.6) is 0 Å². The van der Waals surface area contributed by atoms with Gasteiger partial charge in [-0.2, -0.15) is 0 Å². The maximum Gasteiger partial charge on any atom is 0.125 e. The summed E-state index contributed by atoms with van der Waals surface area (Å²) in [5.74, 6) is -0.259. The molecule has 0 bridgehead atoms. The van der Waals surface area contributed by atoms with Gasteiger partial charge in [0.15, 0.2) is 0 Å². The van der Waals surface area contributed by atoms with Crippen LogP contribution in [-0.4, -0.2) is 17.5 Å². The van der Waals surface area contributed by atoms with Crippen molar-refractivity contribution in [2.45, 2.75) is 32.4 Å². The Labute approximate surface area is 89.9 Å². The number of anilines is 1. The maximum absolute atomic E-state index is 12.8. The molecule has 3 heteroatoms. The summed E-state index contributed by atoms with van der Waals surface area (Å²) in [5.41, 5.74) is 7.37. The van der Waals surface area contributed by atoms with E-state index in [1.54, 1.807) is 6.07 Å². The highest BCUT2D eigenvalue weighted by molar-refractivity contribution is 5.46. The van der Waals surface area contributed by atoms with Crippen LogP contribution in [0.2, 0.25) is 0 Å². The summed E-state index contributed by atoms with van der Waals surface area (Å²) in [5, 5.41) is 0. The number of nitrogens with zero attached hydrogens (tertiary/aromatic N) is 1. The summed E-state index contributed by atoms with van der Waals surface area (Å²) in [6.45, 7) is 4.02. The standard InChI is InChI=1S/C12H17FN2/c1-2-15(11-5-6-11)8-9-3-4-10(13)7-12(9)14/h3-4,7,11H,2,5-6,8,14H2,1H3. The van der Waals surface area contributed by atoms with Gasteiger partial charge >= 0.3 is 0 Å². The van der Waals surface area contributed by atoms with Crippen molar-refractivity contribution in [1.82, 2.24) is 4.90 Å². The van der Waals surface area contributed by atoms with E-state index in [0.29, 0.717) is 5.69 Å². The second-order valence-corrected chi connectivity index (χ2v) is 4.14. The second-order valence-electron chi connectivity index (χ2n) is 4.14. The van der Waals surface area contributed by atoms with Crippen LogP contribution in [0, 0.1) is 5.82 Å². The van der Waals surface area contributed by atoms with Crippen LogP contribution >= 0.6 is 0 Å². The van der Waals surface area contributed by atoms with E-state index in [4.69, 9.17) is 5.73 Å². The molecule has 1 saturated carbocycles. The van der Waals surface area contributed by atoms with Gasteiger partial charge in [-0.05, 0) is 37.1 Å². The minimum Gasteiger partial charge on any atom is -0.398 e. The van der Waals surface area contributed by atoms with Gasteiger partial charge in [-0.3, -0.25) is 4.90 Å².